The first-order valence-electron chi connectivity index (χ1n) is 8.61. The molecule has 26 heavy (non-hydrogen) atoms. The van der Waals surface area contributed by atoms with Gasteiger partial charge in [-0.15, -0.1) is 35.3 Å². The van der Waals surface area contributed by atoms with Crippen molar-refractivity contribution in [2.24, 2.45) is 4.99 Å². The third kappa shape index (κ3) is 8.86. The molecule has 0 fully saturated rings. The molecule has 0 saturated heterocycles. The fraction of sp³-hybridized carbons (Fsp3) is 0.421. The van der Waals surface area contributed by atoms with E-state index >= 15 is 0 Å². The van der Waals surface area contributed by atoms with Crippen LogP contribution in [-0.2, 0) is 11.2 Å². The second-order valence-electron chi connectivity index (χ2n) is 5.44. The van der Waals surface area contributed by atoms with Crippen LogP contribution in [0.3, 0.4) is 0 Å². The summed E-state index contributed by atoms with van der Waals surface area (Å²) in [5, 5.41) is 8.71. The number of thiophene rings is 1. The van der Waals surface area contributed by atoms with Gasteiger partial charge < -0.3 is 20.1 Å². The van der Waals surface area contributed by atoms with Crippen molar-refractivity contribution in [3.8, 4) is 5.75 Å². The highest BCUT2D eigenvalue weighted by molar-refractivity contribution is 14.0. The first kappa shape index (κ1) is 22.7. The van der Waals surface area contributed by atoms with Gasteiger partial charge in [-0.2, -0.15) is 0 Å². The van der Waals surface area contributed by atoms with Gasteiger partial charge in [0.05, 0.1) is 6.61 Å². The number of nitrogens with one attached hydrogen (secondary N) is 2. The van der Waals surface area contributed by atoms with E-state index in [0.29, 0.717) is 13.2 Å². The molecule has 144 valence electrons. The molecule has 0 bridgehead atoms. The van der Waals surface area contributed by atoms with E-state index in [2.05, 4.69) is 40.1 Å². The lowest BCUT2D eigenvalue weighted by molar-refractivity contribution is 0.172. The summed E-state index contributed by atoms with van der Waals surface area (Å²) in [7, 11) is 1.70. The molecule has 7 heteroatoms. The first-order chi connectivity index (χ1) is 12.3. The molecular formula is C19H28IN3O2S. The van der Waals surface area contributed by atoms with Crippen molar-refractivity contribution in [3.63, 3.8) is 0 Å². The zero-order valence-corrected chi connectivity index (χ0v) is 18.5. The first-order valence-corrected chi connectivity index (χ1v) is 9.49. The number of guanidine groups is 1. The number of hydrogen-bond donors (Lipinski definition) is 2. The summed E-state index contributed by atoms with van der Waals surface area (Å²) in [5.74, 6) is 1.63. The molecule has 2 N–H and O–H groups in total. The number of hydrogen-bond acceptors (Lipinski definition) is 4. The second-order valence-corrected chi connectivity index (χ2v) is 6.47. The van der Waals surface area contributed by atoms with Crippen LogP contribution in [0.15, 0.2) is 46.8 Å². The van der Waals surface area contributed by atoms with Crippen molar-refractivity contribution in [2.75, 3.05) is 38.7 Å². The van der Waals surface area contributed by atoms with E-state index in [-0.39, 0.29) is 24.0 Å². The van der Waals surface area contributed by atoms with Crippen LogP contribution in [-0.4, -0.2) is 39.4 Å². The minimum atomic E-state index is 0. The maximum Gasteiger partial charge on any atom is 0.195 e. The van der Waals surface area contributed by atoms with Crippen molar-refractivity contribution >= 4 is 47.0 Å². The quantitative estimate of drug-likeness (QED) is 0.225. The average Bonchev–Trinajstić information content (AvgIpc) is 3.13. The van der Waals surface area contributed by atoms with Gasteiger partial charge in [0.1, 0.15) is 5.75 Å². The largest absolute Gasteiger partial charge is 0.493 e. The predicted molar refractivity (Wildman–Crippen MR) is 121 cm³/mol. The van der Waals surface area contributed by atoms with Gasteiger partial charge in [0.25, 0.3) is 0 Å². The van der Waals surface area contributed by atoms with Crippen molar-refractivity contribution in [3.05, 3.63) is 46.7 Å². The van der Waals surface area contributed by atoms with E-state index in [9.17, 15) is 0 Å². The fourth-order valence-corrected chi connectivity index (χ4v) is 2.93. The monoisotopic (exact) mass is 489 g/mol. The molecule has 1 aromatic carbocycles. The van der Waals surface area contributed by atoms with Crippen LogP contribution >= 0.6 is 35.3 Å². The summed E-state index contributed by atoms with van der Waals surface area (Å²) in [5.41, 5.74) is 0.958. The van der Waals surface area contributed by atoms with Gasteiger partial charge in [0.15, 0.2) is 5.96 Å². The Kier molecular flexibility index (Phi) is 12.1. The lowest BCUT2D eigenvalue weighted by Gasteiger charge is -2.13. The van der Waals surface area contributed by atoms with E-state index in [1.165, 1.54) is 4.88 Å². The number of halogens is 1. The van der Waals surface area contributed by atoms with E-state index in [0.717, 1.165) is 43.3 Å². The summed E-state index contributed by atoms with van der Waals surface area (Å²) in [4.78, 5) is 6.00. The minimum Gasteiger partial charge on any atom is -0.493 e. The molecule has 0 unspecified atom stereocenters. The van der Waals surface area contributed by atoms with Crippen LogP contribution in [0.4, 0.5) is 5.69 Å². The summed E-state index contributed by atoms with van der Waals surface area (Å²) in [6.45, 7) is 4.98. The molecule has 0 saturated carbocycles. The lowest BCUT2D eigenvalue weighted by atomic mass is 10.3. The molecule has 2 aromatic rings. The smallest absolute Gasteiger partial charge is 0.195 e. The van der Waals surface area contributed by atoms with Gasteiger partial charge >= 0.3 is 0 Å². The predicted octanol–water partition coefficient (Wildman–Crippen LogP) is 4.40. The number of anilines is 1. The third-order valence-electron chi connectivity index (χ3n) is 3.41. The van der Waals surface area contributed by atoms with Gasteiger partial charge in [-0.3, -0.25) is 4.99 Å². The van der Waals surface area contributed by atoms with E-state index in [1.54, 1.807) is 18.4 Å². The number of ether oxygens (including phenoxy) is 2. The maximum absolute atomic E-state index is 5.74. The SMILES string of the molecule is CCNC(=NCCc1cccs1)Nc1cccc(OCCCOC)c1.I. The third-order valence-corrected chi connectivity index (χ3v) is 4.35. The van der Waals surface area contributed by atoms with E-state index < -0.39 is 0 Å². The second kappa shape index (κ2) is 13.8. The van der Waals surface area contributed by atoms with Gasteiger partial charge in [0.2, 0.25) is 0 Å². The van der Waals surface area contributed by atoms with Crippen LogP contribution in [0.25, 0.3) is 0 Å². The molecule has 0 radical (unpaired) electrons. The average molecular weight is 489 g/mol. The number of rotatable bonds is 10. The van der Waals surface area contributed by atoms with Crippen LogP contribution in [0, 0.1) is 0 Å². The van der Waals surface area contributed by atoms with Gasteiger partial charge in [-0.25, -0.2) is 0 Å². The highest BCUT2D eigenvalue weighted by Gasteiger charge is 2.02. The summed E-state index contributed by atoms with van der Waals surface area (Å²) in [6, 6.07) is 12.1. The van der Waals surface area contributed by atoms with Crippen LogP contribution in [0.2, 0.25) is 0 Å². The zero-order chi connectivity index (χ0) is 17.7. The Morgan fingerprint density at radius 3 is 2.81 bits per heavy atom. The molecule has 0 aliphatic rings. The molecule has 1 aromatic heterocycles. The van der Waals surface area contributed by atoms with Crippen LogP contribution in [0.5, 0.6) is 5.75 Å². The summed E-state index contributed by atoms with van der Waals surface area (Å²) in [6.07, 6.45) is 1.83. The number of aliphatic imine (C=N–C) groups is 1. The zero-order valence-electron chi connectivity index (χ0n) is 15.4. The van der Waals surface area contributed by atoms with Crippen LogP contribution in [0.1, 0.15) is 18.2 Å². The molecular weight excluding hydrogens is 461 g/mol. The standard InChI is InChI=1S/C19H27N3O2S.HI/c1-3-20-19(21-11-10-18-9-5-14-25-18)22-16-7-4-8-17(15-16)24-13-6-12-23-2;/h4-5,7-9,14-15H,3,6,10-13H2,1-2H3,(H2,20,21,22);1H. The topological polar surface area (TPSA) is 54.9 Å². The van der Waals surface area contributed by atoms with Crippen molar-refractivity contribution in [1.82, 2.24) is 5.32 Å². The molecule has 2 rings (SSSR count). The Labute approximate surface area is 177 Å². The Bertz CT molecular complexity index is 635. The minimum absolute atomic E-state index is 0. The number of methoxy groups -OCH3 is 1. The molecule has 0 amide bonds. The van der Waals surface area contributed by atoms with Gasteiger partial charge in [0, 0.05) is 56.3 Å². The molecule has 0 aliphatic carbocycles. The molecule has 0 spiro atoms. The molecule has 1 heterocycles. The lowest BCUT2D eigenvalue weighted by Crippen LogP contribution is -2.30. The fourth-order valence-electron chi connectivity index (χ4n) is 2.23. The van der Waals surface area contributed by atoms with E-state index in [1.807, 2.05) is 24.3 Å². The summed E-state index contributed by atoms with van der Waals surface area (Å²) >= 11 is 1.77. The van der Waals surface area contributed by atoms with Crippen molar-refractivity contribution in [1.29, 1.82) is 0 Å². The van der Waals surface area contributed by atoms with E-state index in [4.69, 9.17) is 9.47 Å². The Balaban J connectivity index is 0.00000338. The van der Waals surface area contributed by atoms with Gasteiger partial charge in [-0.1, -0.05) is 12.1 Å². The Morgan fingerprint density at radius 2 is 2.08 bits per heavy atom. The number of nitrogens with zero attached hydrogens (tertiary/aromatic N) is 1. The highest BCUT2D eigenvalue weighted by atomic mass is 127. The summed E-state index contributed by atoms with van der Waals surface area (Å²) < 4.78 is 10.8. The van der Waals surface area contributed by atoms with Gasteiger partial charge in [-0.05, 0) is 30.5 Å². The van der Waals surface area contributed by atoms with Crippen molar-refractivity contribution < 1.29 is 9.47 Å². The Morgan fingerprint density at radius 1 is 1.19 bits per heavy atom. The van der Waals surface area contributed by atoms with Crippen LogP contribution < -0.4 is 15.4 Å². The maximum atomic E-state index is 5.74. The Hall–Kier alpha value is -1.32. The van der Waals surface area contributed by atoms with Crippen molar-refractivity contribution in [2.45, 2.75) is 19.8 Å². The molecule has 0 atom stereocenters. The normalized spacial score (nSPS) is 10.9. The highest BCUT2D eigenvalue weighted by Crippen LogP contribution is 2.17. The number of benzene rings is 1. The molecule has 0 aliphatic heterocycles. The molecule has 5 nitrogen and oxygen atoms in total.